The number of hydrogen-bond acceptors (Lipinski definition) is 5. The lowest BCUT2D eigenvalue weighted by atomic mass is 10.2. The molecule has 1 aromatic rings. The molecular formula is C11H16N2O4S2. The summed E-state index contributed by atoms with van der Waals surface area (Å²) in [7, 11) is -3.85. The highest BCUT2D eigenvalue weighted by Crippen LogP contribution is 2.13. The van der Waals surface area contributed by atoms with Crippen LogP contribution in [-0.4, -0.2) is 37.5 Å². The summed E-state index contributed by atoms with van der Waals surface area (Å²) in [5.74, 6) is -0.630. The van der Waals surface area contributed by atoms with Crippen molar-refractivity contribution in [2.45, 2.75) is 17.4 Å². The molecule has 1 atom stereocenters. The van der Waals surface area contributed by atoms with Gasteiger partial charge in [0.1, 0.15) is 6.04 Å². The van der Waals surface area contributed by atoms with E-state index in [1.54, 1.807) is 0 Å². The van der Waals surface area contributed by atoms with Gasteiger partial charge in [-0.3, -0.25) is 4.79 Å². The normalized spacial score (nSPS) is 13.1. The van der Waals surface area contributed by atoms with Crippen molar-refractivity contribution in [3.05, 3.63) is 24.3 Å². The van der Waals surface area contributed by atoms with Crippen molar-refractivity contribution in [2.24, 2.45) is 0 Å². The van der Waals surface area contributed by atoms with Gasteiger partial charge in [-0.15, -0.1) is 0 Å². The van der Waals surface area contributed by atoms with Crippen LogP contribution in [0.2, 0.25) is 0 Å². The summed E-state index contributed by atoms with van der Waals surface area (Å²) < 4.78 is 26.2. The zero-order valence-electron chi connectivity index (χ0n) is 10.4. The number of nitrogens with one attached hydrogen (secondary N) is 1. The summed E-state index contributed by atoms with van der Waals surface area (Å²) >= 11 is 1.46. The lowest BCUT2D eigenvalue weighted by molar-refractivity contribution is -0.139. The number of carboxylic acids is 1. The molecule has 0 fully saturated rings. The van der Waals surface area contributed by atoms with Crippen LogP contribution in [-0.2, 0) is 14.8 Å². The monoisotopic (exact) mass is 304 g/mol. The molecule has 0 heterocycles. The Morgan fingerprint density at radius 2 is 2.00 bits per heavy atom. The summed E-state index contributed by atoms with van der Waals surface area (Å²) in [5, 5.41) is 9.00. The van der Waals surface area contributed by atoms with E-state index in [-0.39, 0.29) is 11.3 Å². The molecule has 1 aromatic carbocycles. The second-order valence-electron chi connectivity index (χ2n) is 3.86. The number of carbonyl (C=O) groups is 1. The quantitative estimate of drug-likeness (QED) is 0.641. The zero-order valence-corrected chi connectivity index (χ0v) is 12.0. The molecule has 19 heavy (non-hydrogen) atoms. The van der Waals surface area contributed by atoms with Crippen LogP contribution in [0.4, 0.5) is 5.69 Å². The second-order valence-corrected chi connectivity index (χ2v) is 6.56. The first-order chi connectivity index (χ1) is 8.86. The molecule has 0 saturated carbocycles. The SMILES string of the molecule is CSCC[C@@H](NS(=O)(=O)c1ccc(N)cc1)C(=O)O. The average Bonchev–Trinajstić information content (AvgIpc) is 2.34. The third kappa shape index (κ3) is 4.73. The molecule has 0 bridgehead atoms. The molecule has 0 aromatic heterocycles. The molecule has 106 valence electrons. The number of sulfonamides is 1. The van der Waals surface area contributed by atoms with E-state index >= 15 is 0 Å². The molecular weight excluding hydrogens is 288 g/mol. The minimum atomic E-state index is -3.85. The first-order valence-electron chi connectivity index (χ1n) is 5.46. The van der Waals surface area contributed by atoms with Crippen molar-refractivity contribution in [1.29, 1.82) is 0 Å². The topological polar surface area (TPSA) is 109 Å². The fraction of sp³-hybridized carbons (Fsp3) is 0.364. The van der Waals surface area contributed by atoms with E-state index in [0.29, 0.717) is 11.4 Å². The van der Waals surface area contributed by atoms with Crippen molar-refractivity contribution in [1.82, 2.24) is 4.72 Å². The summed E-state index contributed by atoms with van der Waals surface area (Å²) in [5.41, 5.74) is 5.91. The molecule has 8 heteroatoms. The lowest BCUT2D eigenvalue weighted by Gasteiger charge is -2.14. The average molecular weight is 304 g/mol. The zero-order chi connectivity index (χ0) is 14.5. The summed E-state index contributed by atoms with van der Waals surface area (Å²) in [6.45, 7) is 0. The standard InChI is InChI=1S/C11H16N2O4S2/c1-18-7-6-10(11(14)15)13-19(16,17)9-4-2-8(12)3-5-9/h2-5,10,13H,6-7,12H2,1H3,(H,14,15)/t10-/m1/s1. The third-order valence-electron chi connectivity index (χ3n) is 2.40. The van der Waals surface area contributed by atoms with E-state index in [1.807, 2.05) is 6.26 Å². The number of carboxylic acid groups (broad SMARTS) is 1. The van der Waals surface area contributed by atoms with Gasteiger partial charge in [-0.1, -0.05) is 0 Å². The number of thioether (sulfide) groups is 1. The van der Waals surface area contributed by atoms with Crippen molar-refractivity contribution < 1.29 is 18.3 Å². The molecule has 0 unspecified atom stereocenters. The Morgan fingerprint density at radius 1 is 1.42 bits per heavy atom. The maximum atomic E-state index is 12.0. The number of anilines is 1. The molecule has 0 radical (unpaired) electrons. The molecule has 0 aliphatic carbocycles. The van der Waals surface area contributed by atoms with Gasteiger partial charge in [0.25, 0.3) is 0 Å². The molecule has 0 amide bonds. The van der Waals surface area contributed by atoms with Gasteiger partial charge in [-0.2, -0.15) is 16.5 Å². The van der Waals surface area contributed by atoms with E-state index in [1.165, 1.54) is 36.0 Å². The van der Waals surface area contributed by atoms with E-state index in [0.717, 1.165) is 0 Å². The Balaban J connectivity index is 2.87. The first kappa shape index (κ1) is 15.8. The fourth-order valence-corrected chi connectivity index (χ4v) is 3.07. The Hall–Kier alpha value is -1.25. The van der Waals surface area contributed by atoms with Crippen LogP contribution < -0.4 is 10.5 Å². The Labute approximate surface area is 116 Å². The van der Waals surface area contributed by atoms with Crippen LogP contribution >= 0.6 is 11.8 Å². The maximum Gasteiger partial charge on any atom is 0.321 e. The van der Waals surface area contributed by atoms with Gasteiger partial charge in [0.2, 0.25) is 10.0 Å². The van der Waals surface area contributed by atoms with Crippen LogP contribution in [0.5, 0.6) is 0 Å². The van der Waals surface area contributed by atoms with Crippen LogP contribution in [0.15, 0.2) is 29.2 Å². The van der Waals surface area contributed by atoms with Gasteiger partial charge < -0.3 is 10.8 Å². The highest BCUT2D eigenvalue weighted by Gasteiger charge is 2.24. The number of rotatable bonds is 7. The van der Waals surface area contributed by atoms with E-state index in [2.05, 4.69) is 4.72 Å². The van der Waals surface area contributed by atoms with Crippen LogP contribution in [0.3, 0.4) is 0 Å². The molecule has 4 N–H and O–H groups in total. The second kappa shape index (κ2) is 6.78. The summed E-state index contributed by atoms with van der Waals surface area (Å²) in [6, 6.07) is 4.45. The van der Waals surface area contributed by atoms with Crippen LogP contribution in [0, 0.1) is 0 Å². The van der Waals surface area contributed by atoms with Crippen molar-refractivity contribution in [2.75, 3.05) is 17.7 Å². The minimum absolute atomic E-state index is 0.00268. The van der Waals surface area contributed by atoms with Crippen molar-refractivity contribution in [3.8, 4) is 0 Å². The van der Waals surface area contributed by atoms with Gasteiger partial charge >= 0.3 is 5.97 Å². The first-order valence-corrected chi connectivity index (χ1v) is 8.34. The van der Waals surface area contributed by atoms with E-state index < -0.39 is 22.0 Å². The van der Waals surface area contributed by atoms with Crippen LogP contribution in [0.25, 0.3) is 0 Å². The number of nitrogens with two attached hydrogens (primary N) is 1. The number of hydrogen-bond donors (Lipinski definition) is 3. The molecule has 1 rings (SSSR count). The van der Waals surface area contributed by atoms with Gasteiger partial charge in [0, 0.05) is 5.69 Å². The molecule has 0 spiro atoms. The van der Waals surface area contributed by atoms with Crippen molar-refractivity contribution in [3.63, 3.8) is 0 Å². The van der Waals surface area contributed by atoms with Crippen LogP contribution in [0.1, 0.15) is 6.42 Å². The maximum absolute atomic E-state index is 12.0. The smallest absolute Gasteiger partial charge is 0.321 e. The molecule has 0 aliphatic heterocycles. The molecule has 6 nitrogen and oxygen atoms in total. The van der Waals surface area contributed by atoms with Crippen molar-refractivity contribution >= 4 is 33.4 Å². The summed E-state index contributed by atoms with van der Waals surface area (Å²) in [6.07, 6.45) is 2.05. The summed E-state index contributed by atoms with van der Waals surface area (Å²) in [4.78, 5) is 11.0. The number of aliphatic carboxylic acids is 1. The number of benzene rings is 1. The Kier molecular flexibility index (Phi) is 5.64. The largest absolute Gasteiger partial charge is 0.480 e. The minimum Gasteiger partial charge on any atom is -0.480 e. The molecule has 0 aliphatic rings. The Morgan fingerprint density at radius 3 is 2.47 bits per heavy atom. The van der Waals surface area contributed by atoms with Gasteiger partial charge in [0.15, 0.2) is 0 Å². The highest BCUT2D eigenvalue weighted by molar-refractivity contribution is 7.98. The Bertz CT molecular complexity index is 528. The van der Waals surface area contributed by atoms with Gasteiger partial charge in [-0.05, 0) is 42.7 Å². The predicted octanol–water partition coefficient (Wildman–Crippen LogP) is 0.753. The fourth-order valence-electron chi connectivity index (χ4n) is 1.37. The van der Waals surface area contributed by atoms with E-state index in [9.17, 15) is 13.2 Å². The third-order valence-corrected chi connectivity index (χ3v) is 4.53. The lowest BCUT2D eigenvalue weighted by Crippen LogP contribution is -2.41. The highest BCUT2D eigenvalue weighted by atomic mass is 32.2. The van der Waals surface area contributed by atoms with Gasteiger partial charge in [0.05, 0.1) is 4.90 Å². The number of nitrogen functional groups attached to an aromatic ring is 1. The molecule has 0 saturated heterocycles. The van der Waals surface area contributed by atoms with E-state index in [4.69, 9.17) is 10.8 Å². The van der Waals surface area contributed by atoms with Gasteiger partial charge in [-0.25, -0.2) is 8.42 Å². The predicted molar refractivity (Wildman–Crippen MR) is 75.6 cm³/mol.